The smallest absolute Gasteiger partial charge is 0.336 e. The number of pyridine rings is 1. The van der Waals surface area contributed by atoms with Gasteiger partial charge in [0.05, 0.1) is 22.2 Å². The monoisotopic (exact) mass is 474 g/mol. The van der Waals surface area contributed by atoms with Gasteiger partial charge in [-0.2, -0.15) is 0 Å². The summed E-state index contributed by atoms with van der Waals surface area (Å²) >= 11 is 0. The van der Waals surface area contributed by atoms with Gasteiger partial charge in [-0.05, 0) is 49.1 Å². The lowest BCUT2D eigenvalue weighted by molar-refractivity contribution is -0.151. The van der Waals surface area contributed by atoms with Gasteiger partial charge >= 0.3 is 11.9 Å². The van der Waals surface area contributed by atoms with Crippen LogP contribution >= 0.6 is 0 Å². The lowest BCUT2D eigenvalue weighted by atomic mass is 9.85. The molecule has 1 heterocycles. The largest absolute Gasteiger partial charge is 0.481 e. The number of carbonyl (C=O) groups excluding carboxylic acids is 1. The summed E-state index contributed by atoms with van der Waals surface area (Å²) in [7, 11) is 0. The Kier molecular flexibility index (Phi) is 7.15. The molecule has 1 fully saturated rings. The number of carboxylic acids is 2. The third-order valence-corrected chi connectivity index (χ3v) is 6.88. The molecule has 0 aliphatic heterocycles. The van der Waals surface area contributed by atoms with E-state index in [4.69, 9.17) is 0 Å². The van der Waals surface area contributed by atoms with Gasteiger partial charge in [0.1, 0.15) is 0 Å². The SMILES string of the molecule is CCCC(=O)N(Cc1ccc2nc(-c3ccccc3C(=O)O)ccc2c1)CC1(C(=O)O)CCCC1. The molecule has 35 heavy (non-hydrogen) atoms. The lowest BCUT2D eigenvalue weighted by Gasteiger charge is -2.32. The zero-order valence-electron chi connectivity index (χ0n) is 19.9. The van der Waals surface area contributed by atoms with Crippen molar-refractivity contribution in [2.75, 3.05) is 6.54 Å². The van der Waals surface area contributed by atoms with Crippen LogP contribution in [0.4, 0.5) is 0 Å². The number of carbonyl (C=O) groups is 3. The van der Waals surface area contributed by atoms with Gasteiger partial charge < -0.3 is 15.1 Å². The van der Waals surface area contributed by atoms with Crippen molar-refractivity contribution >= 4 is 28.7 Å². The Labute approximate surface area is 204 Å². The fourth-order valence-corrected chi connectivity index (χ4v) is 5.00. The Balaban J connectivity index is 1.62. The van der Waals surface area contributed by atoms with Gasteiger partial charge in [-0.1, -0.05) is 50.1 Å². The molecule has 2 N–H and O–H groups in total. The van der Waals surface area contributed by atoms with E-state index >= 15 is 0 Å². The summed E-state index contributed by atoms with van der Waals surface area (Å²) in [5.74, 6) is -1.85. The molecular weight excluding hydrogens is 444 g/mol. The van der Waals surface area contributed by atoms with Crippen molar-refractivity contribution in [3.8, 4) is 11.3 Å². The topological polar surface area (TPSA) is 108 Å². The van der Waals surface area contributed by atoms with Gasteiger partial charge in [0.15, 0.2) is 0 Å². The highest BCUT2D eigenvalue weighted by molar-refractivity contribution is 5.96. The van der Waals surface area contributed by atoms with Gasteiger partial charge in [-0.15, -0.1) is 0 Å². The lowest BCUT2D eigenvalue weighted by Crippen LogP contribution is -2.43. The summed E-state index contributed by atoms with van der Waals surface area (Å²) in [4.78, 5) is 43.0. The van der Waals surface area contributed by atoms with Crippen LogP contribution in [0.2, 0.25) is 0 Å². The molecule has 0 atom stereocenters. The van der Waals surface area contributed by atoms with Gasteiger partial charge in [0, 0.05) is 30.5 Å². The zero-order valence-corrected chi connectivity index (χ0v) is 19.9. The predicted octanol–water partition coefficient (Wildman–Crippen LogP) is 5.37. The minimum absolute atomic E-state index is 0.0288. The van der Waals surface area contributed by atoms with E-state index in [2.05, 4.69) is 4.98 Å². The summed E-state index contributed by atoms with van der Waals surface area (Å²) in [6.45, 7) is 2.51. The van der Waals surface area contributed by atoms with Crippen LogP contribution in [0.5, 0.6) is 0 Å². The van der Waals surface area contributed by atoms with Crippen LogP contribution in [0.25, 0.3) is 22.2 Å². The average molecular weight is 475 g/mol. The summed E-state index contributed by atoms with van der Waals surface area (Å²) in [5, 5.41) is 20.3. The zero-order chi connectivity index (χ0) is 25.0. The van der Waals surface area contributed by atoms with Crippen molar-refractivity contribution in [1.29, 1.82) is 0 Å². The van der Waals surface area contributed by atoms with E-state index in [1.54, 1.807) is 35.2 Å². The van der Waals surface area contributed by atoms with Gasteiger partial charge in [0.25, 0.3) is 0 Å². The van der Waals surface area contributed by atoms with Crippen LogP contribution in [0, 0.1) is 5.41 Å². The fourth-order valence-electron chi connectivity index (χ4n) is 5.00. The van der Waals surface area contributed by atoms with Crippen molar-refractivity contribution in [2.24, 2.45) is 5.41 Å². The number of nitrogens with zero attached hydrogens (tertiary/aromatic N) is 2. The molecule has 1 aliphatic rings. The maximum atomic E-state index is 12.9. The van der Waals surface area contributed by atoms with Crippen LogP contribution in [0.3, 0.4) is 0 Å². The molecule has 182 valence electrons. The third kappa shape index (κ3) is 5.19. The second-order valence-electron chi connectivity index (χ2n) is 9.37. The molecule has 1 aromatic heterocycles. The quantitative estimate of drug-likeness (QED) is 0.431. The highest BCUT2D eigenvalue weighted by Crippen LogP contribution is 2.39. The normalized spacial score (nSPS) is 14.7. The molecule has 3 aromatic rings. The maximum absolute atomic E-state index is 12.9. The summed E-state index contributed by atoms with van der Waals surface area (Å²) in [6, 6.07) is 16.2. The second-order valence-corrected chi connectivity index (χ2v) is 9.37. The molecule has 1 aliphatic carbocycles. The molecule has 4 rings (SSSR count). The third-order valence-electron chi connectivity index (χ3n) is 6.88. The number of hydrogen-bond acceptors (Lipinski definition) is 4. The number of carboxylic acid groups (broad SMARTS) is 2. The number of rotatable bonds is 9. The molecule has 0 radical (unpaired) electrons. The van der Waals surface area contributed by atoms with Crippen LogP contribution in [0.1, 0.15) is 61.4 Å². The second kappa shape index (κ2) is 10.3. The summed E-state index contributed by atoms with van der Waals surface area (Å²) < 4.78 is 0. The van der Waals surface area contributed by atoms with Gasteiger partial charge in [-0.25, -0.2) is 9.78 Å². The molecule has 7 heteroatoms. The number of aromatic nitrogens is 1. The molecule has 0 unspecified atom stereocenters. The molecule has 1 amide bonds. The first-order chi connectivity index (χ1) is 16.8. The van der Waals surface area contributed by atoms with Crippen molar-refractivity contribution in [2.45, 2.75) is 52.0 Å². The highest BCUT2D eigenvalue weighted by Gasteiger charge is 2.43. The highest BCUT2D eigenvalue weighted by atomic mass is 16.4. The van der Waals surface area contributed by atoms with E-state index in [0.717, 1.165) is 29.3 Å². The number of amides is 1. The molecule has 1 saturated carbocycles. The minimum Gasteiger partial charge on any atom is -0.481 e. The Morgan fingerprint density at radius 1 is 1.00 bits per heavy atom. The first kappa shape index (κ1) is 24.4. The first-order valence-electron chi connectivity index (χ1n) is 12.1. The van der Waals surface area contributed by atoms with E-state index in [1.165, 1.54) is 0 Å². The minimum atomic E-state index is -1.00. The molecule has 0 bridgehead atoms. The van der Waals surface area contributed by atoms with Crippen LogP contribution < -0.4 is 0 Å². The van der Waals surface area contributed by atoms with E-state index in [-0.39, 0.29) is 18.0 Å². The van der Waals surface area contributed by atoms with Crippen LogP contribution in [0.15, 0.2) is 54.6 Å². The molecule has 0 spiro atoms. The number of aromatic carboxylic acids is 1. The molecule has 7 nitrogen and oxygen atoms in total. The van der Waals surface area contributed by atoms with Crippen LogP contribution in [-0.4, -0.2) is 44.5 Å². The fraction of sp³-hybridized carbons (Fsp3) is 0.357. The Bertz CT molecular complexity index is 1260. The number of hydrogen-bond donors (Lipinski definition) is 2. The molecule has 0 saturated heterocycles. The van der Waals surface area contributed by atoms with E-state index in [0.29, 0.717) is 43.5 Å². The van der Waals surface area contributed by atoms with Crippen LogP contribution in [-0.2, 0) is 16.1 Å². The van der Waals surface area contributed by atoms with Crippen molar-refractivity contribution in [3.63, 3.8) is 0 Å². The maximum Gasteiger partial charge on any atom is 0.336 e. The van der Waals surface area contributed by atoms with Crippen molar-refractivity contribution in [1.82, 2.24) is 9.88 Å². The molecular formula is C28H30N2O5. The average Bonchev–Trinajstić information content (AvgIpc) is 3.33. The first-order valence-corrected chi connectivity index (χ1v) is 12.1. The number of fused-ring (bicyclic) bond motifs is 1. The Morgan fingerprint density at radius 3 is 2.43 bits per heavy atom. The number of benzene rings is 2. The number of aliphatic carboxylic acids is 1. The van der Waals surface area contributed by atoms with Crippen molar-refractivity contribution in [3.05, 3.63) is 65.7 Å². The summed E-state index contributed by atoms with van der Waals surface area (Å²) in [6.07, 6.45) is 4.03. The Morgan fingerprint density at radius 2 is 1.74 bits per heavy atom. The predicted molar refractivity (Wildman–Crippen MR) is 133 cm³/mol. The summed E-state index contributed by atoms with van der Waals surface area (Å²) in [5.41, 5.74) is 2.08. The van der Waals surface area contributed by atoms with Crippen molar-refractivity contribution < 1.29 is 24.6 Å². The van der Waals surface area contributed by atoms with E-state index < -0.39 is 17.4 Å². The standard InChI is InChI=1S/C28H30N2O5/c1-2-7-25(31)30(18-28(27(34)35)14-5-6-15-28)17-19-10-12-23-20(16-19)11-13-24(29-23)21-8-3-4-9-22(21)26(32)33/h3-4,8-13,16H,2,5-7,14-15,17-18H2,1H3,(H,32,33)(H,34,35). The Hall–Kier alpha value is -3.74. The molecule has 2 aromatic carbocycles. The van der Waals surface area contributed by atoms with Gasteiger partial charge in [0.2, 0.25) is 5.91 Å². The van der Waals surface area contributed by atoms with E-state index in [1.807, 2.05) is 31.2 Å². The van der Waals surface area contributed by atoms with Gasteiger partial charge in [-0.3, -0.25) is 9.59 Å². The van der Waals surface area contributed by atoms with E-state index in [9.17, 15) is 24.6 Å².